The maximum Gasteiger partial charge on any atom is 0.345 e. The molecular weight excluding hydrogens is 380 g/mol. The van der Waals surface area contributed by atoms with Crippen molar-refractivity contribution < 1.29 is 18.3 Å². The zero-order valence-corrected chi connectivity index (χ0v) is 14.0. The molecule has 0 amide bonds. The van der Waals surface area contributed by atoms with Crippen molar-refractivity contribution in [2.24, 2.45) is 0 Å². The minimum atomic E-state index is -3.79. The largest absolute Gasteiger partial charge is 0.477 e. The van der Waals surface area contributed by atoms with Crippen molar-refractivity contribution >= 4 is 43.3 Å². The number of hydrogen-bond donors (Lipinski definition) is 2. The van der Waals surface area contributed by atoms with Gasteiger partial charge in [-0.05, 0) is 46.1 Å². The van der Waals surface area contributed by atoms with Crippen molar-refractivity contribution in [3.63, 3.8) is 0 Å². The molecule has 0 atom stereocenters. The monoisotopic (exact) mass is 390 g/mol. The maximum absolute atomic E-state index is 12.2. The number of thiophene rings is 1. The first kappa shape index (κ1) is 16.1. The van der Waals surface area contributed by atoms with Gasteiger partial charge in [-0.15, -0.1) is 11.3 Å². The lowest BCUT2D eigenvalue weighted by Crippen LogP contribution is -2.23. The number of rotatable bonds is 5. The summed E-state index contributed by atoms with van der Waals surface area (Å²) in [5.74, 6) is -1.16. The highest BCUT2D eigenvalue weighted by Crippen LogP contribution is 2.31. The van der Waals surface area contributed by atoms with Crippen LogP contribution in [0.3, 0.4) is 0 Å². The Balaban J connectivity index is 2.23. The molecule has 0 aromatic carbocycles. The maximum atomic E-state index is 12.2. The molecule has 6 nitrogen and oxygen atoms in total. The zero-order valence-electron chi connectivity index (χ0n) is 10.8. The molecule has 0 aliphatic rings. The molecule has 2 aromatic heterocycles. The Morgan fingerprint density at radius 3 is 2.81 bits per heavy atom. The Labute approximate surface area is 134 Å². The van der Waals surface area contributed by atoms with E-state index in [4.69, 9.17) is 5.11 Å². The number of carboxylic acid groups (broad SMARTS) is 1. The molecule has 0 fully saturated rings. The number of nitrogens with zero attached hydrogens (tertiary/aromatic N) is 1. The van der Waals surface area contributed by atoms with Crippen LogP contribution in [0.2, 0.25) is 0 Å². The fourth-order valence-electron chi connectivity index (χ4n) is 1.59. The normalized spacial score (nSPS) is 11.5. The average Bonchev–Trinajstić information content (AvgIpc) is 2.81. The summed E-state index contributed by atoms with van der Waals surface area (Å²) >= 11 is 3.95. The topological polar surface area (TPSA) is 96.4 Å². The molecule has 0 spiro atoms. The number of sulfonamides is 1. The molecule has 2 aromatic rings. The Hall–Kier alpha value is -1.29. The zero-order chi connectivity index (χ0) is 15.6. The quantitative estimate of drug-likeness (QED) is 0.816. The summed E-state index contributed by atoms with van der Waals surface area (Å²) in [4.78, 5) is 14.7. The number of aryl methyl sites for hydroxylation is 1. The smallest absolute Gasteiger partial charge is 0.345 e. The molecule has 0 saturated heterocycles. The van der Waals surface area contributed by atoms with E-state index in [0.717, 1.165) is 28.5 Å². The van der Waals surface area contributed by atoms with E-state index in [9.17, 15) is 13.2 Å². The van der Waals surface area contributed by atoms with Crippen LogP contribution in [-0.2, 0) is 16.6 Å². The Morgan fingerprint density at radius 2 is 2.24 bits per heavy atom. The molecule has 0 radical (unpaired) electrons. The van der Waals surface area contributed by atoms with Crippen LogP contribution in [0, 0.1) is 6.92 Å². The van der Waals surface area contributed by atoms with Crippen molar-refractivity contribution in [2.45, 2.75) is 18.4 Å². The van der Waals surface area contributed by atoms with E-state index in [0.29, 0.717) is 0 Å². The third-order valence-electron chi connectivity index (χ3n) is 2.74. The molecule has 0 aliphatic carbocycles. The minimum absolute atomic E-state index is 0.0395. The average molecular weight is 391 g/mol. The first-order valence-electron chi connectivity index (χ1n) is 5.73. The first-order valence-corrected chi connectivity index (χ1v) is 8.82. The van der Waals surface area contributed by atoms with Crippen LogP contribution in [0.5, 0.6) is 0 Å². The van der Waals surface area contributed by atoms with E-state index in [2.05, 4.69) is 25.6 Å². The van der Waals surface area contributed by atoms with Crippen LogP contribution in [0.15, 0.2) is 33.2 Å². The summed E-state index contributed by atoms with van der Waals surface area (Å²) in [6.45, 7) is 1.95. The van der Waals surface area contributed by atoms with Gasteiger partial charge in [0.15, 0.2) is 0 Å². The van der Waals surface area contributed by atoms with Gasteiger partial charge in [0.25, 0.3) is 0 Å². The molecular formula is C12H11BrN2O4S2. The van der Waals surface area contributed by atoms with E-state index in [-0.39, 0.29) is 20.1 Å². The van der Waals surface area contributed by atoms with Crippen molar-refractivity contribution in [1.82, 2.24) is 9.71 Å². The fraction of sp³-hybridized carbons (Fsp3) is 0.167. The number of halogens is 1. The predicted octanol–water partition coefficient (Wildman–Crippen LogP) is 2.39. The molecule has 2 rings (SSSR count). The number of hydrogen-bond acceptors (Lipinski definition) is 5. The van der Waals surface area contributed by atoms with E-state index in [1.54, 1.807) is 18.5 Å². The Kier molecular flexibility index (Phi) is 4.77. The third-order valence-corrected chi connectivity index (χ3v) is 6.39. The molecule has 0 bridgehead atoms. The fourth-order valence-corrected chi connectivity index (χ4v) is 5.00. The molecule has 0 saturated carbocycles. The van der Waals surface area contributed by atoms with Gasteiger partial charge < -0.3 is 5.11 Å². The summed E-state index contributed by atoms with van der Waals surface area (Å²) in [5, 5.41) is 8.90. The lowest BCUT2D eigenvalue weighted by atomic mass is 10.2. The summed E-state index contributed by atoms with van der Waals surface area (Å²) in [6, 6.07) is 2.86. The highest BCUT2D eigenvalue weighted by atomic mass is 79.9. The summed E-state index contributed by atoms with van der Waals surface area (Å²) < 4.78 is 27.2. The lowest BCUT2D eigenvalue weighted by Gasteiger charge is -2.07. The van der Waals surface area contributed by atoms with E-state index in [1.165, 1.54) is 0 Å². The van der Waals surface area contributed by atoms with Crippen LogP contribution in [0.25, 0.3) is 0 Å². The predicted molar refractivity (Wildman–Crippen MR) is 82.0 cm³/mol. The van der Waals surface area contributed by atoms with Crippen LogP contribution in [-0.4, -0.2) is 24.5 Å². The molecule has 0 unspecified atom stereocenters. The highest BCUT2D eigenvalue weighted by molar-refractivity contribution is 9.11. The van der Waals surface area contributed by atoms with Crippen LogP contribution >= 0.6 is 27.3 Å². The van der Waals surface area contributed by atoms with Gasteiger partial charge >= 0.3 is 5.97 Å². The number of carboxylic acids is 1. The number of nitrogens with one attached hydrogen (secondary N) is 1. The van der Waals surface area contributed by atoms with Gasteiger partial charge in [-0.1, -0.05) is 0 Å². The van der Waals surface area contributed by atoms with Crippen LogP contribution < -0.4 is 4.72 Å². The second-order valence-corrected chi connectivity index (χ2v) is 8.29. The minimum Gasteiger partial charge on any atom is -0.477 e. The Morgan fingerprint density at radius 1 is 1.52 bits per heavy atom. The number of pyridine rings is 1. The molecule has 0 aliphatic heterocycles. The summed E-state index contributed by atoms with van der Waals surface area (Å²) in [5.41, 5.74) is 1.68. The second kappa shape index (κ2) is 6.22. The van der Waals surface area contributed by atoms with Gasteiger partial charge in [-0.3, -0.25) is 4.98 Å². The van der Waals surface area contributed by atoms with E-state index >= 15 is 0 Å². The van der Waals surface area contributed by atoms with Crippen LogP contribution in [0.4, 0.5) is 0 Å². The van der Waals surface area contributed by atoms with E-state index in [1.807, 2.05) is 6.92 Å². The molecule has 2 heterocycles. The SMILES string of the molecule is Cc1cnccc1CNS(=O)(=O)c1cc(C(=O)O)sc1Br. The lowest BCUT2D eigenvalue weighted by molar-refractivity contribution is 0.0702. The van der Waals surface area contributed by atoms with Gasteiger partial charge in [0, 0.05) is 18.9 Å². The Bertz CT molecular complexity index is 786. The van der Waals surface area contributed by atoms with Crippen LogP contribution in [0.1, 0.15) is 20.8 Å². The standard InChI is InChI=1S/C12H11BrN2O4S2/c1-7-5-14-3-2-8(7)6-15-21(18,19)10-4-9(12(16)17)20-11(10)13/h2-5,15H,6H2,1H3,(H,16,17). The molecule has 112 valence electrons. The van der Waals surface area contributed by atoms with Gasteiger partial charge in [0.2, 0.25) is 10.0 Å². The first-order chi connectivity index (χ1) is 9.81. The summed E-state index contributed by atoms with van der Waals surface area (Å²) in [6.07, 6.45) is 3.23. The number of carbonyl (C=O) groups is 1. The summed E-state index contributed by atoms with van der Waals surface area (Å²) in [7, 11) is -3.79. The van der Waals surface area contributed by atoms with Gasteiger partial charge in [-0.2, -0.15) is 0 Å². The number of aromatic carboxylic acids is 1. The van der Waals surface area contributed by atoms with Gasteiger partial charge in [-0.25, -0.2) is 17.9 Å². The van der Waals surface area contributed by atoms with Gasteiger partial charge in [0.1, 0.15) is 9.77 Å². The van der Waals surface area contributed by atoms with Crippen molar-refractivity contribution in [1.29, 1.82) is 0 Å². The van der Waals surface area contributed by atoms with Crippen molar-refractivity contribution in [3.8, 4) is 0 Å². The second-order valence-electron chi connectivity index (χ2n) is 4.18. The number of aromatic nitrogens is 1. The molecule has 2 N–H and O–H groups in total. The van der Waals surface area contributed by atoms with Crippen molar-refractivity contribution in [3.05, 3.63) is 44.3 Å². The third kappa shape index (κ3) is 3.67. The molecule has 21 heavy (non-hydrogen) atoms. The molecule has 9 heteroatoms. The van der Waals surface area contributed by atoms with Gasteiger partial charge in [0.05, 0.1) is 3.79 Å². The van der Waals surface area contributed by atoms with E-state index < -0.39 is 16.0 Å². The van der Waals surface area contributed by atoms with Crippen molar-refractivity contribution in [2.75, 3.05) is 0 Å². The highest BCUT2D eigenvalue weighted by Gasteiger charge is 2.23.